The van der Waals surface area contributed by atoms with E-state index in [2.05, 4.69) is 15.8 Å². The third-order valence-corrected chi connectivity index (χ3v) is 5.78. The van der Waals surface area contributed by atoms with Gasteiger partial charge in [-0.15, -0.1) is 0 Å². The monoisotopic (exact) mass is 470 g/mol. The van der Waals surface area contributed by atoms with E-state index >= 15 is 0 Å². The summed E-state index contributed by atoms with van der Waals surface area (Å²) in [7, 11) is 1.55. The van der Waals surface area contributed by atoms with Crippen molar-refractivity contribution in [1.29, 1.82) is 0 Å². The Hall–Kier alpha value is -4.59. The minimum atomic E-state index is -0.390. The Kier molecular flexibility index (Phi) is 6.82. The highest BCUT2D eigenvalue weighted by atomic mass is 16.5. The first-order chi connectivity index (χ1) is 16.9. The van der Waals surface area contributed by atoms with E-state index in [9.17, 15) is 14.7 Å². The number of hydrogen-bond acceptors (Lipinski definition) is 6. The molecule has 4 aromatic rings. The van der Waals surface area contributed by atoms with Gasteiger partial charge in [-0.05, 0) is 55.3 Å². The number of ether oxygens (including phenoxy) is 1. The Labute approximate surface area is 202 Å². The molecular weight excluding hydrogens is 444 g/mol. The van der Waals surface area contributed by atoms with Crippen molar-refractivity contribution in [2.75, 3.05) is 19.0 Å². The van der Waals surface area contributed by atoms with Crippen LogP contribution in [0.2, 0.25) is 0 Å². The molecule has 0 spiro atoms. The highest BCUT2D eigenvalue weighted by Gasteiger charge is 2.16. The fourth-order valence-corrected chi connectivity index (χ4v) is 3.77. The molecule has 1 heterocycles. The molecule has 8 heteroatoms. The van der Waals surface area contributed by atoms with Crippen molar-refractivity contribution in [3.63, 3.8) is 0 Å². The molecule has 3 N–H and O–H groups in total. The third kappa shape index (κ3) is 4.86. The molecule has 0 aliphatic rings. The molecule has 0 aliphatic carbocycles. The fourth-order valence-electron chi connectivity index (χ4n) is 3.77. The number of fused-ring (bicyclic) bond motifs is 1. The molecular formula is C27H26N4O4. The number of aromatic nitrogens is 1. The van der Waals surface area contributed by atoms with Crippen molar-refractivity contribution in [1.82, 2.24) is 9.99 Å². The predicted octanol–water partition coefficient (Wildman–Crippen LogP) is 3.88. The number of hydrogen-bond donors (Lipinski definition) is 3. The molecule has 0 saturated heterocycles. The Bertz CT molecular complexity index is 1490. The summed E-state index contributed by atoms with van der Waals surface area (Å²) in [5.74, 6) is -0.0330. The molecule has 0 radical (unpaired) electrons. The number of nitrogens with one attached hydrogen (secondary N) is 2. The van der Waals surface area contributed by atoms with Crippen LogP contribution in [0.3, 0.4) is 0 Å². The number of amides is 1. The van der Waals surface area contributed by atoms with Gasteiger partial charge >= 0.3 is 0 Å². The molecule has 178 valence electrons. The number of anilines is 1. The summed E-state index contributed by atoms with van der Waals surface area (Å²) in [6, 6.07) is 19.7. The smallest absolute Gasteiger partial charge is 0.265 e. The molecule has 0 bridgehead atoms. The fraction of sp³-hybridized carbons (Fsp3) is 0.148. The van der Waals surface area contributed by atoms with Crippen LogP contribution in [0.15, 0.2) is 76.6 Å². The van der Waals surface area contributed by atoms with Crippen LogP contribution >= 0.6 is 0 Å². The third-order valence-electron chi connectivity index (χ3n) is 5.78. The molecule has 0 fully saturated rings. The van der Waals surface area contributed by atoms with E-state index in [4.69, 9.17) is 4.74 Å². The number of nitrogens with zero attached hydrogens (tertiary/aromatic N) is 2. The Morgan fingerprint density at radius 2 is 1.74 bits per heavy atom. The van der Waals surface area contributed by atoms with E-state index < -0.39 is 5.91 Å². The lowest BCUT2D eigenvalue weighted by molar-refractivity contribution is -0.119. The van der Waals surface area contributed by atoms with Crippen LogP contribution in [0.1, 0.15) is 16.7 Å². The number of carbonyl (C=O) groups excluding carboxylic acids is 1. The van der Waals surface area contributed by atoms with Gasteiger partial charge in [0, 0.05) is 10.8 Å². The molecule has 3 aromatic carbocycles. The summed E-state index contributed by atoms with van der Waals surface area (Å²) in [6.07, 6.45) is 1.34. The first-order valence-corrected chi connectivity index (χ1v) is 11.0. The minimum Gasteiger partial charge on any atom is -0.495 e. The molecule has 8 nitrogen and oxygen atoms in total. The zero-order valence-electron chi connectivity index (χ0n) is 19.7. The number of methoxy groups -OCH3 is 1. The summed E-state index contributed by atoms with van der Waals surface area (Å²) in [5, 5.41) is 19.1. The number of carbonyl (C=O) groups is 1. The largest absolute Gasteiger partial charge is 0.495 e. The second-order valence-electron chi connectivity index (χ2n) is 8.04. The average molecular weight is 471 g/mol. The van der Waals surface area contributed by atoms with Gasteiger partial charge in [0.05, 0.1) is 36.8 Å². The summed E-state index contributed by atoms with van der Waals surface area (Å²) < 4.78 is 6.51. The lowest BCUT2D eigenvalue weighted by Gasteiger charge is -2.14. The van der Waals surface area contributed by atoms with Crippen molar-refractivity contribution in [2.45, 2.75) is 13.8 Å². The molecule has 4 rings (SSSR count). The number of pyridine rings is 1. The zero-order valence-corrected chi connectivity index (χ0v) is 19.7. The standard InChI is InChI=1S/C27H26N4O4/c1-17-12-13-19(14-18(17)2)31-26(33)21-9-5-4-8-20(21)22(27(31)34)15-29-30-25(32)16-28-23-10-6-7-11-24(23)35-3/h4-15,28,34H,16H2,1-3H3,(H,30,32)/b29-15+. The van der Waals surface area contributed by atoms with Crippen molar-refractivity contribution >= 4 is 28.6 Å². The van der Waals surface area contributed by atoms with Crippen LogP contribution in [0.5, 0.6) is 11.6 Å². The number of aromatic hydroxyl groups is 1. The van der Waals surface area contributed by atoms with Gasteiger partial charge in [-0.25, -0.2) is 9.99 Å². The van der Waals surface area contributed by atoms with Crippen LogP contribution in [-0.2, 0) is 4.79 Å². The number of hydrazone groups is 1. The lowest BCUT2D eigenvalue weighted by atomic mass is 10.1. The maximum Gasteiger partial charge on any atom is 0.265 e. The average Bonchev–Trinajstić information content (AvgIpc) is 2.87. The molecule has 35 heavy (non-hydrogen) atoms. The number of rotatable bonds is 7. The van der Waals surface area contributed by atoms with Gasteiger partial charge in [-0.2, -0.15) is 5.10 Å². The SMILES string of the molecule is COc1ccccc1NCC(=O)N/N=C/c1c(O)n(-c2ccc(C)c(C)c2)c(=O)c2ccccc12. The summed E-state index contributed by atoms with van der Waals surface area (Å²) in [5.41, 5.74) is 5.71. The van der Waals surface area contributed by atoms with Crippen molar-refractivity contribution in [2.24, 2.45) is 5.10 Å². The second-order valence-corrected chi connectivity index (χ2v) is 8.04. The van der Waals surface area contributed by atoms with E-state index in [1.54, 1.807) is 49.6 Å². The van der Waals surface area contributed by atoms with E-state index in [1.165, 1.54) is 10.8 Å². The van der Waals surface area contributed by atoms with Crippen molar-refractivity contribution < 1.29 is 14.6 Å². The van der Waals surface area contributed by atoms with Crippen LogP contribution in [0.25, 0.3) is 16.5 Å². The van der Waals surface area contributed by atoms with Crippen molar-refractivity contribution in [3.05, 3.63) is 93.8 Å². The quantitative estimate of drug-likeness (QED) is 0.281. The van der Waals surface area contributed by atoms with Gasteiger partial charge in [-0.3, -0.25) is 9.59 Å². The molecule has 0 saturated carbocycles. The predicted molar refractivity (Wildman–Crippen MR) is 138 cm³/mol. The van der Waals surface area contributed by atoms with Gasteiger partial charge in [0.2, 0.25) is 5.88 Å². The summed E-state index contributed by atoms with van der Waals surface area (Å²) in [6.45, 7) is 3.89. The van der Waals surface area contributed by atoms with Crippen molar-refractivity contribution in [3.8, 4) is 17.3 Å². The second kappa shape index (κ2) is 10.1. The van der Waals surface area contributed by atoms with Gasteiger partial charge in [0.15, 0.2) is 0 Å². The van der Waals surface area contributed by atoms with E-state index in [1.807, 2.05) is 38.1 Å². The van der Waals surface area contributed by atoms with Gasteiger partial charge in [-0.1, -0.05) is 36.4 Å². The normalized spacial score (nSPS) is 11.1. The van der Waals surface area contributed by atoms with Crippen LogP contribution in [0, 0.1) is 13.8 Å². The topological polar surface area (TPSA) is 105 Å². The van der Waals surface area contributed by atoms with E-state index in [-0.39, 0.29) is 18.0 Å². The first-order valence-electron chi connectivity index (χ1n) is 11.0. The highest BCUT2D eigenvalue weighted by molar-refractivity contribution is 6.02. The van der Waals surface area contributed by atoms with Crippen LogP contribution in [0.4, 0.5) is 5.69 Å². The Morgan fingerprint density at radius 1 is 1.03 bits per heavy atom. The highest BCUT2D eigenvalue weighted by Crippen LogP contribution is 2.26. The van der Waals surface area contributed by atoms with Gasteiger partial charge in [0.25, 0.3) is 11.5 Å². The van der Waals surface area contributed by atoms with E-state index in [0.717, 1.165) is 11.1 Å². The molecule has 0 atom stereocenters. The lowest BCUT2D eigenvalue weighted by Crippen LogP contribution is -2.26. The van der Waals surface area contributed by atoms with Gasteiger partial charge in [0.1, 0.15) is 5.75 Å². The molecule has 0 aliphatic heterocycles. The molecule has 1 amide bonds. The first kappa shape index (κ1) is 23.6. The summed E-state index contributed by atoms with van der Waals surface area (Å²) >= 11 is 0. The van der Waals surface area contributed by atoms with Crippen LogP contribution < -0.4 is 21.0 Å². The summed E-state index contributed by atoms with van der Waals surface area (Å²) in [4.78, 5) is 25.5. The van der Waals surface area contributed by atoms with Crippen LogP contribution in [-0.4, -0.2) is 35.4 Å². The maximum absolute atomic E-state index is 13.2. The molecule has 0 unspecified atom stereocenters. The van der Waals surface area contributed by atoms with Gasteiger partial charge < -0.3 is 15.2 Å². The Balaban J connectivity index is 1.63. The number of benzene rings is 3. The minimum absolute atomic E-state index is 0.0351. The Morgan fingerprint density at radius 3 is 2.49 bits per heavy atom. The molecule has 1 aromatic heterocycles. The zero-order chi connectivity index (χ0) is 24.9. The number of aryl methyl sites for hydroxylation is 2. The maximum atomic E-state index is 13.2. The van der Waals surface area contributed by atoms with E-state index in [0.29, 0.717) is 33.5 Å². The number of para-hydroxylation sites is 2.